The van der Waals surface area contributed by atoms with Crippen LogP contribution in [0.15, 0.2) is 36.7 Å². The molecule has 0 aliphatic carbocycles. The lowest BCUT2D eigenvalue weighted by Crippen LogP contribution is -2.26. The van der Waals surface area contributed by atoms with Crippen molar-refractivity contribution < 1.29 is 13.6 Å². The summed E-state index contributed by atoms with van der Waals surface area (Å²) in [6.07, 6.45) is 1.37. The van der Waals surface area contributed by atoms with Crippen LogP contribution in [0.5, 0.6) is 0 Å². The van der Waals surface area contributed by atoms with Gasteiger partial charge in [-0.05, 0) is 31.2 Å². The maximum atomic E-state index is 14.4. The zero-order valence-electron chi connectivity index (χ0n) is 14.6. The van der Waals surface area contributed by atoms with Gasteiger partial charge in [-0.1, -0.05) is 6.07 Å². The lowest BCUT2D eigenvalue weighted by Gasteiger charge is -2.24. The molecule has 0 saturated heterocycles. The van der Waals surface area contributed by atoms with Gasteiger partial charge in [-0.25, -0.2) is 8.78 Å². The highest BCUT2D eigenvalue weighted by atomic mass is 19.1. The van der Waals surface area contributed by atoms with Crippen molar-refractivity contribution in [3.05, 3.63) is 65.1 Å². The number of hydrogen-bond donors (Lipinski definition) is 1. The Hall–Kier alpha value is -3.69. The zero-order valence-corrected chi connectivity index (χ0v) is 14.6. The quantitative estimate of drug-likeness (QED) is 0.576. The largest absolute Gasteiger partial charge is 0.310 e. The van der Waals surface area contributed by atoms with Crippen LogP contribution in [0.4, 0.5) is 14.6 Å². The van der Waals surface area contributed by atoms with Crippen LogP contribution in [0.25, 0.3) is 11.5 Å². The van der Waals surface area contributed by atoms with E-state index in [1.165, 1.54) is 33.7 Å². The highest BCUT2D eigenvalue weighted by Gasteiger charge is 2.35. The highest BCUT2D eigenvalue weighted by Crippen LogP contribution is 2.41. The van der Waals surface area contributed by atoms with Crippen molar-refractivity contribution in [1.29, 1.82) is 0 Å². The van der Waals surface area contributed by atoms with E-state index in [9.17, 15) is 13.6 Å². The number of rotatable bonds is 2. The molecule has 1 aliphatic heterocycles. The van der Waals surface area contributed by atoms with Crippen LogP contribution < -0.4 is 5.32 Å². The van der Waals surface area contributed by atoms with Crippen molar-refractivity contribution in [2.24, 2.45) is 0 Å². The Balaban J connectivity index is 1.71. The number of hydrogen-bond acceptors (Lipinski definition) is 5. The molecule has 4 heterocycles. The number of aromatic nitrogens is 6. The van der Waals surface area contributed by atoms with Crippen LogP contribution in [0.2, 0.25) is 0 Å². The zero-order chi connectivity index (χ0) is 19.4. The minimum absolute atomic E-state index is 0.0741. The van der Waals surface area contributed by atoms with E-state index in [2.05, 4.69) is 25.7 Å². The normalized spacial score (nSPS) is 16.2. The Labute approximate surface area is 156 Å². The molecule has 8 nitrogen and oxygen atoms in total. The fourth-order valence-electron chi connectivity index (χ4n) is 3.63. The molecule has 28 heavy (non-hydrogen) atoms. The van der Waals surface area contributed by atoms with Gasteiger partial charge in [0.2, 0.25) is 5.91 Å². The summed E-state index contributed by atoms with van der Waals surface area (Å²) in [7, 11) is 0. The second-order valence-electron chi connectivity index (χ2n) is 6.52. The number of carbonyl (C=O) groups excluding carboxylic acids is 1. The molecule has 5 rings (SSSR count). The van der Waals surface area contributed by atoms with Gasteiger partial charge in [-0.15, -0.1) is 15.3 Å². The molecular weight excluding hydrogens is 368 g/mol. The topological polar surface area (TPSA) is 90.0 Å². The van der Waals surface area contributed by atoms with E-state index in [1.807, 2.05) is 0 Å². The average Bonchev–Trinajstić information content (AvgIpc) is 3.25. The number of fused-ring (bicyclic) bond motifs is 2. The summed E-state index contributed by atoms with van der Waals surface area (Å²) < 4.78 is 31.8. The van der Waals surface area contributed by atoms with E-state index < -0.39 is 17.6 Å². The number of nitrogens with one attached hydrogen (secondary N) is 1. The molecule has 0 bridgehead atoms. The molecule has 4 aromatic rings. The van der Waals surface area contributed by atoms with Gasteiger partial charge in [-0.3, -0.25) is 4.79 Å². The van der Waals surface area contributed by atoms with Gasteiger partial charge in [0.1, 0.15) is 23.8 Å². The average molecular weight is 381 g/mol. The van der Waals surface area contributed by atoms with E-state index in [0.717, 1.165) is 0 Å². The Morgan fingerprint density at radius 2 is 1.89 bits per heavy atom. The van der Waals surface area contributed by atoms with Gasteiger partial charge in [0.25, 0.3) is 0 Å². The van der Waals surface area contributed by atoms with Gasteiger partial charge in [0.15, 0.2) is 11.5 Å². The van der Waals surface area contributed by atoms with E-state index >= 15 is 0 Å². The highest BCUT2D eigenvalue weighted by molar-refractivity contribution is 5.95. The summed E-state index contributed by atoms with van der Waals surface area (Å²) in [5, 5.41) is 19.3. The van der Waals surface area contributed by atoms with Gasteiger partial charge in [0.05, 0.1) is 5.69 Å². The van der Waals surface area contributed by atoms with Crippen LogP contribution in [-0.4, -0.2) is 35.5 Å². The fraction of sp³-hybridized carbons (Fsp3) is 0.167. The van der Waals surface area contributed by atoms with E-state index in [0.29, 0.717) is 28.5 Å². The SMILES string of the molecule is Cc1nn(-c2ccc3nncn3n2)c2c1[C@@H](c1c(F)cccc1F)CC(=O)N2. The van der Waals surface area contributed by atoms with Crippen molar-refractivity contribution in [3.8, 4) is 5.82 Å². The van der Waals surface area contributed by atoms with Gasteiger partial charge < -0.3 is 5.32 Å². The number of nitrogens with zero attached hydrogens (tertiary/aromatic N) is 6. The molecule has 140 valence electrons. The van der Waals surface area contributed by atoms with Gasteiger partial charge in [0, 0.05) is 23.5 Å². The third kappa shape index (κ3) is 2.38. The van der Waals surface area contributed by atoms with Crippen LogP contribution in [0.1, 0.15) is 29.2 Å². The molecule has 0 unspecified atom stereocenters. The van der Waals surface area contributed by atoms with Crippen molar-refractivity contribution in [2.75, 3.05) is 5.32 Å². The van der Waals surface area contributed by atoms with Crippen molar-refractivity contribution >= 4 is 17.4 Å². The summed E-state index contributed by atoms with van der Waals surface area (Å²) in [6, 6.07) is 7.05. The second-order valence-corrected chi connectivity index (χ2v) is 6.52. The standard InChI is InChI=1S/C18H13F2N7O/c1-9-16-10(17-11(19)3-2-4-12(17)20)7-15(28)22-18(16)27(24-9)14-6-5-13-23-21-8-26(13)25-14/h2-6,8,10H,7H2,1H3,(H,22,28)/t10-/m0/s1. The number of benzene rings is 1. The van der Waals surface area contributed by atoms with Gasteiger partial charge in [-0.2, -0.15) is 14.3 Å². The van der Waals surface area contributed by atoms with Crippen LogP contribution in [0.3, 0.4) is 0 Å². The Morgan fingerprint density at radius 1 is 1.11 bits per heavy atom. The first-order valence-electron chi connectivity index (χ1n) is 8.53. The molecule has 3 aromatic heterocycles. The molecule has 1 amide bonds. The Kier molecular flexibility index (Phi) is 3.48. The fourth-order valence-corrected chi connectivity index (χ4v) is 3.63. The third-order valence-corrected chi connectivity index (χ3v) is 4.82. The molecule has 1 N–H and O–H groups in total. The molecule has 1 aliphatic rings. The minimum Gasteiger partial charge on any atom is -0.310 e. The maximum Gasteiger partial charge on any atom is 0.226 e. The number of aryl methyl sites for hydroxylation is 1. The first kappa shape index (κ1) is 16.5. The van der Waals surface area contributed by atoms with Crippen molar-refractivity contribution in [1.82, 2.24) is 29.6 Å². The lowest BCUT2D eigenvalue weighted by atomic mass is 9.85. The predicted octanol–water partition coefficient (Wildman–Crippen LogP) is 2.37. The molecule has 0 saturated carbocycles. The first-order chi connectivity index (χ1) is 13.5. The Morgan fingerprint density at radius 3 is 2.68 bits per heavy atom. The van der Waals surface area contributed by atoms with Crippen molar-refractivity contribution in [2.45, 2.75) is 19.3 Å². The summed E-state index contributed by atoms with van der Waals surface area (Å²) in [4.78, 5) is 12.4. The summed E-state index contributed by atoms with van der Waals surface area (Å²) >= 11 is 0. The minimum atomic E-state index is -0.780. The molecule has 1 aromatic carbocycles. The predicted molar refractivity (Wildman–Crippen MR) is 94.1 cm³/mol. The monoisotopic (exact) mass is 381 g/mol. The van der Waals surface area contributed by atoms with E-state index in [4.69, 9.17) is 0 Å². The smallest absolute Gasteiger partial charge is 0.226 e. The first-order valence-corrected chi connectivity index (χ1v) is 8.53. The summed E-state index contributed by atoms with van der Waals surface area (Å²) in [5.41, 5.74) is 1.53. The third-order valence-electron chi connectivity index (χ3n) is 4.82. The maximum absolute atomic E-state index is 14.4. The van der Waals surface area contributed by atoms with Crippen LogP contribution in [-0.2, 0) is 4.79 Å². The van der Waals surface area contributed by atoms with Crippen LogP contribution >= 0.6 is 0 Å². The molecule has 10 heteroatoms. The molecule has 0 fully saturated rings. The molecule has 0 radical (unpaired) electrons. The number of anilines is 1. The molecule has 0 spiro atoms. The molecular formula is C18H13F2N7O. The number of halogens is 2. The number of carbonyl (C=O) groups is 1. The molecule has 1 atom stereocenters. The van der Waals surface area contributed by atoms with Gasteiger partial charge >= 0.3 is 0 Å². The second kappa shape index (κ2) is 5.91. The lowest BCUT2D eigenvalue weighted by molar-refractivity contribution is -0.116. The van der Waals surface area contributed by atoms with E-state index in [-0.39, 0.29) is 17.9 Å². The van der Waals surface area contributed by atoms with E-state index in [1.54, 1.807) is 19.1 Å². The Bertz CT molecular complexity index is 1230. The van der Waals surface area contributed by atoms with Crippen LogP contribution in [0, 0.1) is 18.6 Å². The summed E-state index contributed by atoms with van der Waals surface area (Å²) in [5.74, 6) is -1.76. The number of amides is 1. The van der Waals surface area contributed by atoms with Crippen molar-refractivity contribution in [3.63, 3.8) is 0 Å². The summed E-state index contributed by atoms with van der Waals surface area (Å²) in [6.45, 7) is 1.73.